The lowest BCUT2D eigenvalue weighted by Gasteiger charge is -2.42. The van der Waals surface area contributed by atoms with Crippen LogP contribution in [0.25, 0.3) is 0 Å². The fourth-order valence-corrected chi connectivity index (χ4v) is 2.44. The van der Waals surface area contributed by atoms with Gasteiger partial charge in [0.25, 0.3) is 0 Å². The highest BCUT2D eigenvalue weighted by atomic mass is 16.5. The van der Waals surface area contributed by atoms with Crippen molar-refractivity contribution in [3.8, 4) is 0 Å². The van der Waals surface area contributed by atoms with Gasteiger partial charge in [-0.1, -0.05) is 20.8 Å². The van der Waals surface area contributed by atoms with Crippen LogP contribution in [0.1, 0.15) is 46.5 Å². The molecule has 1 aliphatic heterocycles. The minimum absolute atomic E-state index is 0.174. The molecule has 0 saturated carbocycles. The summed E-state index contributed by atoms with van der Waals surface area (Å²) in [6, 6.07) is 0. The predicted octanol–water partition coefficient (Wildman–Crippen LogP) is 2.03. The van der Waals surface area contributed by atoms with Gasteiger partial charge in [0.1, 0.15) is 0 Å². The Morgan fingerprint density at radius 1 is 1.59 bits per heavy atom. The molecular weight excluding hydrogens is 218 g/mol. The molecule has 100 valence electrons. The second-order valence-corrected chi connectivity index (χ2v) is 5.39. The number of ether oxygens (including phenoxy) is 1. The highest BCUT2D eigenvalue weighted by Crippen LogP contribution is 2.31. The topological polar surface area (TPSA) is 58.6 Å². The van der Waals surface area contributed by atoms with Gasteiger partial charge in [0.05, 0.1) is 12.5 Å². The maximum Gasteiger partial charge on any atom is 0.305 e. The Balaban J connectivity index is 2.70. The van der Waals surface area contributed by atoms with Gasteiger partial charge in [0.2, 0.25) is 0 Å². The number of carbonyl (C=O) groups is 1. The summed E-state index contributed by atoms with van der Waals surface area (Å²) in [6.45, 7) is 7.88. The van der Waals surface area contributed by atoms with Crippen molar-refractivity contribution in [2.75, 3.05) is 13.2 Å². The Hall–Kier alpha value is -0.610. The van der Waals surface area contributed by atoms with E-state index in [9.17, 15) is 4.79 Å². The van der Waals surface area contributed by atoms with Gasteiger partial charge < -0.3 is 15.2 Å². The quantitative estimate of drug-likeness (QED) is 0.749. The summed E-state index contributed by atoms with van der Waals surface area (Å²) in [5.41, 5.74) is -0.269. The molecule has 4 heteroatoms. The summed E-state index contributed by atoms with van der Waals surface area (Å²) in [6.07, 6.45) is 2.99. The molecule has 2 atom stereocenters. The normalized spacial score (nSPS) is 29.5. The van der Waals surface area contributed by atoms with Crippen molar-refractivity contribution in [1.82, 2.24) is 5.32 Å². The lowest BCUT2D eigenvalue weighted by Crippen LogP contribution is -2.54. The molecule has 0 aliphatic carbocycles. The zero-order chi connectivity index (χ0) is 12.9. The van der Waals surface area contributed by atoms with Crippen LogP contribution >= 0.6 is 0 Å². The average Bonchev–Trinajstić information content (AvgIpc) is 2.26. The van der Waals surface area contributed by atoms with Gasteiger partial charge in [-0.05, 0) is 31.7 Å². The van der Waals surface area contributed by atoms with E-state index >= 15 is 0 Å². The third-order valence-corrected chi connectivity index (χ3v) is 3.49. The summed E-state index contributed by atoms with van der Waals surface area (Å²) in [4.78, 5) is 11.0. The second-order valence-electron chi connectivity index (χ2n) is 5.39. The van der Waals surface area contributed by atoms with E-state index in [1.165, 1.54) is 0 Å². The molecule has 17 heavy (non-hydrogen) atoms. The fraction of sp³-hybridized carbons (Fsp3) is 0.923. The largest absolute Gasteiger partial charge is 0.481 e. The lowest BCUT2D eigenvalue weighted by atomic mass is 9.80. The first-order valence-corrected chi connectivity index (χ1v) is 6.57. The first kappa shape index (κ1) is 14.5. The van der Waals surface area contributed by atoms with Crippen molar-refractivity contribution in [1.29, 1.82) is 0 Å². The standard InChI is InChI=1S/C13H25NO3/c1-4-6-14-13(9-12(15)16)5-7-17-11(8-13)10(2)3/h10-11,14H,4-9H2,1-3H3,(H,15,16). The van der Waals surface area contributed by atoms with Crippen LogP contribution in [0, 0.1) is 5.92 Å². The van der Waals surface area contributed by atoms with Gasteiger partial charge in [0.15, 0.2) is 0 Å². The van der Waals surface area contributed by atoms with E-state index in [1.54, 1.807) is 0 Å². The maximum atomic E-state index is 11.0. The molecule has 0 bridgehead atoms. The fourth-order valence-electron chi connectivity index (χ4n) is 2.44. The molecule has 2 unspecified atom stereocenters. The van der Waals surface area contributed by atoms with Crippen molar-refractivity contribution >= 4 is 5.97 Å². The van der Waals surface area contributed by atoms with E-state index < -0.39 is 5.97 Å². The van der Waals surface area contributed by atoms with Gasteiger partial charge in [0, 0.05) is 12.1 Å². The summed E-state index contributed by atoms with van der Waals surface area (Å²) in [5, 5.41) is 12.5. The lowest BCUT2D eigenvalue weighted by molar-refractivity contribution is -0.141. The van der Waals surface area contributed by atoms with Crippen molar-refractivity contribution < 1.29 is 14.6 Å². The monoisotopic (exact) mass is 243 g/mol. The van der Waals surface area contributed by atoms with E-state index in [2.05, 4.69) is 26.1 Å². The first-order valence-electron chi connectivity index (χ1n) is 6.57. The maximum absolute atomic E-state index is 11.0. The van der Waals surface area contributed by atoms with E-state index in [1.807, 2.05) is 0 Å². The number of hydrogen-bond acceptors (Lipinski definition) is 3. The van der Waals surface area contributed by atoms with Gasteiger partial charge >= 0.3 is 5.97 Å². The first-order chi connectivity index (χ1) is 7.99. The van der Waals surface area contributed by atoms with Crippen LogP contribution in [0.5, 0.6) is 0 Å². The minimum Gasteiger partial charge on any atom is -0.481 e. The number of carboxylic acids is 1. The van der Waals surface area contributed by atoms with Crippen molar-refractivity contribution in [3.05, 3.63) is 0 Å². The third kappa shape index (κ3) is 4.28. The van der Waals surface area contributed by atoms with Crippen LogP contribution in [0.2, 0.25) is 0 Å². The molecule has 1 aliphatic rings. The molecule has 0 spiro atoms. The molecule has 0 aromatic heterocycles. The van der Waals surface area contributed by atoms with Crippen LogP contribution in [0.15, 0.2) is 0 Å². The van der Waals surface area contributed by atoms with Gasteiger partial charge in [-0.25, -0.2) is 0 Å². The SMILES string of the molecule is CCCNC1(CC(=O)O)CCOC(C(C)C)C1. The highest BCUT2D eigenvalue weighted by Gasteiger charge is 2.39. The molecule has 0 radical (unpaired) electrons. The minimum atomic E-state index is -0.724. The molecule has 0 aromatic carbocycles. The Morgan fingerprint density at radius 2 is 2.29 bits per heavy atom. The van der Waals surface area contributed by atoms with Crippen molar-refractivity contribution in [3.63, 3.8) is 0 Å². The summed E-state index contributed by atoms with van der Waals surface area (Å²) in [7, 11) is 0. The van der Waals surface area contributed by atoms with Gasteiger partial charge in [-0.15, -0.1) is 0 Å². The zero-order valence-corrected chi connectivity index (χ0v) is 11.2. The molecule has 1 heterocycles. The Labute approximate surface area is 104 Å². The molecule has 4 nitrogen and oxygen atoms in total. The zero-order valence-electron chi connectivity index (χ0n) is 11.2. The van der Waals surface area contributed by atoms with E-state index in [0.717, 1.165) is 25.8 Å². The van der Waals surface area contributed by atoms with E-state index in [-0.39, 0.29) is 18.1 Å². The second kappa shape index (κ2) is 6.36. The molecule has 0 aromatic rings. The van der Waals surface area contributed by atoms with Crippen LogP contribution in [-0.2, 0) is 9.53 Å². The van der Waals surface area contributed by atoms with Gasteiger partial charge in [-0.2, -0.15) is 0 Å². The third-order valence-electron chi connectivity index (χ3n) is 3.49. The highest BCUT2D eigenvalue weighted by molar-refractivity contribution is 5.68. The molecule has 0 amide bonds. The average molecular weight is 243 g/mol. The summed E-state index contributed by atoms with van der Waals surface area (Å²) in [5.74, 6) is -0.287. The number of nitrogens with one attached hydrogen (secondary N) is 1. The molecule has 1 saturated heterocycles. The number of aliphatic carboxylic acids is 1. The Morgan fingerprint density at radius 3 is 2.82 bits per heavy atom. The molecule has 1 fully saturated rings. The van der Waals surface area contributed by atoms with Gasteiger partial charge in [-0.3, -0.25) is 4.79 Å². The van der Waals surface area contributed by atoms with Crippen LogP contribution in [0.4, 0.5) is 0 Å². The Bertz CT molecular complexity index is 255. The smallest absolute Gasteiger partial charge is 0.305 e. The van der Waals surface area contributed by atoms with Crippen LogP contribution in [0.3, 0.4) is 0 Å². The molecule has 1 rings (SSSR count). The van der Waals surface area contributed by atoms with Crippen LogP contribution in [-0.4, -0.2) is 35.9 Å². The number of rotatable bonds is 6. The van der Waals surface area contributed by atoms with E-state index in [4.69, 9.17) is 9.84 Å². The van der Waals surface area contributed by atoms with E-state index in [0.29, 0.717) is 12.5 Å². The van der Waals surface area contributed by atoms with Crippen molar-refractivity contribution in [2.45, 2.75) is 58.1 Å². The Kier molecular flexibility index (Phi) is 5.40. The molecule has 2 N–H and O–H groups in total. The van der Waals surface area contributed by atoms with Crippen molar-refractivity contribution in [2.24, 2.45) is 5.92 Å². The number of carboxylic acid groups (broad SMARTS) is 1. The summed E-state index contributed by atoms with van der Waals surface area (Å²) < 4.78 is 5.72. The number of hydrogen-bond donors (Lipinski definition) is 2. The summed E-state index contributed by atoms with van der Waals surface area (Å²) >= 11 is 0. The van der Waals surface area contributed by atoms with Crippen LogP contribution < -0.4 is 5.32 Å². The predicted molar refractivity (Wildman–Crippen MR) is 67.1 cm³/mol. The molecular formula is C13H25NO3.